The molecule has 2 aromatic carbocycles. The number of hydrogen-bond donors (Lipinski definition) is 3. The zero-order valence-corrected chi connectivity index (χ0v) is 17.5. The summed E-state index contributed by atoms with van der Waals surface area (Å²) in [5.41, 5.74) is 6.02. The number of halogens is 4. The van der Waals surface area contributed by atoms with E-state index in [1.807, 2.05) is 0 Å². The maximum atomic E-state index is 12.9. The molecule has 0 atom stereocenters. The maximum Gasteiger partial charge on any atom is 0.416 e. The maximum absolute atomic E-state index is 12.9. The van der Waals surface area contributed by atoms with Gasteiger partial charge in [0.1, 0.15) is 0 Å². The molecule has 1 heterocycles. The summed E-state index contributed by atoms with van der Waals surface area (Å²) >= 11 is 9.27. The van der Waals surface area contributed by atoms with Gasteiger partial charge in [0, 0.05) is 15.8 Å². The van der Waals surface area contributed by atoms with E-state index in [9.17, 15) is 18.0 Å². The van der Waals surface area contributed by atoms with Gasteiger partial charge in [-0.05, 0) is 59.6 Å². The normalized spacial score (nSPS) is 11.2. The molecule has 0 bridgehead atoms. The summed E-state index contributed by atoms with van der Waals surface area (Å²) < 4.78 is 42.8. The number of nitrogens with two attached hydrogens (primary N) is 1. The number of anilines is 2. The molecule has 1 aromatic heterocycles. The van der Waals surface area contributed by atoms with Gasteiger partial charge in [0.25, 0.3) is 5.91 Å². The van der Waals surface area contributed by atoms with Crippen LogP contribution < -0.4 is 16.4 Å². The predicted octanol–water partition coefficient (Wildman–Crippen LogP) is 4.89. The van der Waals surface area contributed by atoms with Crippen LogP contribution >= 0.6 is 39.7 Å². The van der Waals surface area contributed by atoms with Gasteiger partial charge >= 0.3 is 6.18 Å². The average molecular weight is 502 g/mol. The van der Waals surface area contributed by atoms with E-state index in [-0.39, 0.29) is 21.0 Å². The van der Waals surface area contributed by atoms with Crippen LogP contribution in [0.2, 0.25) is 0 Å². The lowest BCUT2D eigenvalue weighted by Crippen LogP contribution is -2.19. The van der Waals surface area contributed by atoms with E-state index < -0.39 is 17.6 Å². The van der Waals surface area contributed by atoms with E-state index in [1.165, 1.54) is 6.07 Å². The van der Waals surface area contributed by atoms with Crippen molar-refractivity contribution in [2.45, 2.75) is 6.18 Å². The number of amides is 1. The molecule has 3 rings (SSSR count). The molecule has 0 aliphatic rings. The lowest BCUT2D eigenvalue weighted by molar-refractivity contribution is -0.137. The third kappa shape index (κ3) is 5.28. The van der Waals surface area contributed by atoms with Gasteiger partial charge < -0.3 is 16.4 Å². The highest BCUT2D eigenvalue weighted by Crippen LogP contribution is 2.33. The molecule has 0 fully saturated rings. The van der Waals surface area contributed by atoms with E-state index in [0.717, 1.165) is 23.7 Å². The SMILES string of the molecule is NC(=O)c1nnsc1-c1ccc(NC(=S)Nc2cc(Br)cc(C(F)(F)F)c2)cc1. The molecular formula is C17H11BrF3N5OS2. The van der Waals surface area contributed by atoms with Crippen molar-refractivity contribution in [3.8, 4) is 10.4 Å². The average Bonchev–Trinajstić information content (AvgIpc) is 3.11. The summed E-state index contributed by atoms with van der Waals surface area (Å²) in [6, 6.07) is 10.2. The number of thiocarbonyl (C=S) groups is 1. The Morgan fingerprint density at radius 1 is 1.10 bits per heavy atom. The second-order valence-corrected chi connectivity index (χ2v) is 7.78. The van der Waals surface area contributed by atoms with E-state index >= 15 is 0 Å². The Morgan fingerprint density at radius 3 is 2.38 bits per heavy atom. The minimum Gasteiger partial charge on any atom is -0.364 e. The Bertz CT molecular complexity index is 1070. The van der Waals surface area contributed by atoms with Crippen molar-refractivity contribution in [2.75, 3.05) is 10.6 Å². The Balaban J connectivity index is 1.71. The summed E-state index contributed by atoms with van der Waals surface area (Å²) in [6.07, 6.45) is -4.47. The number of nitrogens with zero attached hydrogens (tertiary/aromatic N) is 2. The van der Waals surface area contributed by atoms with Gasteiger partial charge in [0.05, 0.1) is 10.4 Å². The third-order valence-corrected chi connectivity index (χ3v) is 5.05. The first-order valence-electron chi connectivity index (χ1n) is 7.82. The van der Waals surface area contributed by atoms with Crippen LogP contribution in [0.5, 0.6) is 0 Å². The number of nitrogens with one attached hydrogen (secondary N) is 2. The van der Waals surface area contributed by atoms with Gasteiger partial charge in [-0.1, -0.05) is 32.6 Å². The Labute approximate surface area is 180 Å². The number of carbonyl (C=O) groups excluding carboxylic acids is 1. The molecule has 6 nitrogen and oxygen atoms in total. The molecule has 0 spiro atoms. The van der Waals surface area contributed by atoms with Crippen molar-refractivity contribution in [1.29, 1.82) is 0 Å². The first-order valence-corrected chi connectivity index (χ1v) is 9.79. The van der Waals surface area contributed by atoms with Crippen molar-refractivity contribution in [2.24, 2.45) is 5.73 Å². The smallest absolute Gasteiger partial charge is 0.364 e. The Morgan fingerprint density at radius 2 is 1.76 bits per heavy atom. The van der Waals surface area contributed by atoms with Crippen LogP contribution in [0.3, 0.4) is 0 Å². The summed E-state index contributed by atoms with van der Waals surface area (Å²) in [6.45, 7) is 0. The van der Waals surface area contributed by atoms with Gasteiger partial charge in [0.2, 0.25) is 0 Å². The van der Waals surface area contributed by atoms with E-state index in [1.54, 1.807) is 24.3 Å². The van der Waals surface area contributed by atoms with Gasteiger partial charge in [-0.15, -0.1) is 5.10 Å². The number of alkyl halides is 3. The monoisotopic (exact) mass is 501 g/mol. The van der Waals surface area contributed by atoms with Gasteiger partial charge in [0.15, 0.2) is 10.8 Å². The van der Waals surface area contributed by atoms with Crippen molar-refractivity contribution in [1.82, 2.24) is 9.59 Å². The minimum absolute atomic E-state index is 0.0861. The number of benzene rings is 2. The van der Waals surface area contributed by atoms with Gasteiger partial charge in [-0.2, -0.15) is 13.2 Å². The van der Waals surface area contributed by atoms with Crippen LogP contribution in [0.1, 0.15) is 16.1 Å². The molecule has 0 unspecified atom stereocenters. The lowest BCUT2D eigenvalue weighted by atomic mass is 10.1. The second-order valence-electron chi connectivity index (χ2n) is 5.70. The first-order chi connectivity index (χ1) is 13.6. The number of rotatable bonds is 4. The highest BCUT2D eigenvalue weighted by atomic mass is 79.9. The lowest BCUT2D eigenvalue weighted by Gasteiger charge is -2.14. The van der Waals surface area contributed by atoms with Crippen molar-refractivity contribution in [3.05, 3.63) is 58.2 Å². The molecule has 4 N–H and O–H groups in total. The molecule has 0 saturated carbocycles. The zero-order valence-electron chi connectivity index (χ0n) is 14.2. The Kier molecular flexibility index (Phi) is 6.15. The molecular weight excluding hydrogens is 491 g/mol. The molecule has 0 radical (unpaired) electrons. The molecule has 0 aliphatic heterocycles. The van der Waals surface area contributed by atoms with Crippen LogP contribution in [0.25, 0.3) is 10.4 Å². The van der Waals surface area contributed by atoms with Crippen molar-refractivity contribution < 1.29 is 18.0 Å². The molecule has 150 valence electrons. The van der Waals surface area contributed by atoms with E-state index in [4.69, 9.17) is 18.0 Å². The number of aromatic nitrogens is 2. The van der Waals surface area contributed by atoms with Gasteiger partial charge in [-0.25, -0.2) is 0 Å². The van der Waals surface area contributed by atoms with Crippen molar-refractivity contribution >= 4 is 62.1 Å². The molecule has 29 heavy (non-hydrogen) atoms. The summed E-state index contributed by atoms with van der Waals surface area (Å²) in [7, 11) is 0. The number of carbonyl (C=O) groups is 1. The largest absolute Gasteiger partial charge is 0.416 e. The summed E-state index contributed by atoms with van der Waals surface area (Å²) in [5.74, 6) is -0.673. The van der Waals surface area contributed by atoms with Crippen molar-refractivity contribution in [3.63, 3.8) is 0 Å². The quantitative estimate of drug-likeness (QED) is 0.440. The molecule has 1 amide bonds. The molecule has 12 heteroatoms. The van der Waals surface area contributed by atoms with Crippen LogP contribution in [0.15, 0.2) is 46.9 Å². The van der Waals surface area contributed by atoms with Crippen LogP contribution in [0.4, 0.5) is 24.5 Å². The van der Waals surface area contributed by atoms with Crippen LogP contribution in [0, 0.1) is 0 Å². The second kappa shape index (κ2) is 8.43. The standard InChI is InChI=1S/C17H11BrF3N5OS2/c18-10-5-9(17(19,20)21)6-12(7-10)24-16(28)23-11-3-1-8(2-4-11)14-13(15(22)27)25-26-29-14/h1-7H,(H2,22,27)(H2,23,24,28). The van der Waals surface area contributed by atoms with E-state index in [2.05, 4.69) is 36.2 Å². The molecule has 0 saturated heterocycles. The van der Waals surface area contributed by atoms with Gasteiger partial charge in [-0.3, -0.25) is 4.79 Å². The first kappa shape index (κ1) is 21.1. The highest BCUT2D eigenvalue weighted by Gasteiger charge is 2.31. The summed E-state index contributed by atoms with van der Waals surface area (Å²) in [4.78, 5) is 11.9. The summed E-state index contributed by atoms with van der Waals surface area (Å²) in [5, 5.41) is 9.42. The minimum atomic E-state index is -4.47. The van der Waals surface area contributed by atoms with E-state index in [0.29, 0.717) is 16.1 Å². The Hall–Kier alpha value is -2.57. The third-order valence-electron chi connectivity index (χ3n) is 3.61. The topological polar surface area (TPSA) is 92.9 Å². The number of primary amides is 1. The fourth-order valence-corrected chi connectivity index (χ4v) is 3.77. The highest BCUT2D eigenvalue weighted by molar-refractivity contribution is 9.10. The van der Waals surface area contributed by atoms with Crippen LogP contribution in [-0.2, 0) is 6.18 Å². The molecule has 3 aromatic rings. The number of hydrogen-bond acceptors (Lipinski definition) is 5. The molecule has 0 aliphatic carbocycles. The van der Waals surface area contributed by atoms with Crippen LogP contribution in [-0.4, -0.2) is 20.6 Å². The fraction of sp³-hybridized carbons (Fsp3) is 0.0588. The zero-order chi connectivity index (χ0) is 21.2. The fourth-order valence-electron chi connectivity index (χ4n) is 2.37. The predicted molar refractivity (Wildman–Crippen MR) is 113 cm³/mol.